The Bertz CT molecular complexity index is 1200. The first kappa shape index (κ1) is 19.2. The van der Waals surface area contributed by atoms with E-state index in [1.54, 1.807) is 18.6 Å². The lowest BCUT2D eigenvalue weighted by atomic mass is 10.1. The number of H-pyrrole nitrogens is 1. The Kier molecular flexibility index (Phi) is 5.05. The molecule has 31 heavy (non-hydrogen) atoms. The van der Waals surface area contributed by atoms with Gasteiger partial charge in [-0.15, -0.1) is 0 Å². The monoisotopic (exact) mass is 413 g/mol. The summed E-state index contributed by atoms with van der Waals surface area (Å²) in [5, 5.41) is 14.2. The number of anilines is 2. The highest BCUT2D eigenvalue weighted by Gasteiger charge is 2.19. The van der Waals surface area contributed by atoms with Gasteiger partial charge in [-0.1, -0.05) is 6.07 Å². The summed E-state index contributed by atoms with van der Waals surface area (Å²) in [4.78, 5) is 23.8. The molecule has 0 bridgehead atoms. The van der Waals surface area contributed by atoms with Gasteiger partial charge in [0.05, 0.1) is 5.39 Å². The summed E-state index contributed by atoms with van der Waals surface area (Å²) in [6.07, 6.45) is 5.27. The van der Waals surface area contributed by atoms with E-state index in [4.69, 9.17) is 0 Å². The van der Waals surface area contributed by atoms with Gasteiger partial charge in [0.2, 0.25) is 0 Å². The SMILES string of the molecule is CC1CNCCN1c1ccc(C(=O)Nc2n[nH]c3ncc(-c4cccnc4)cc23)cc1. The Morgan fingerprint density at radius 1 is 1.16 bits per heavy atom. The number of piperazine rings is 1. The van der Waals surface area contributed by atoms with Crippen LogP contribution in [-0.4, -0.2) is 51.7 Å². The van der Waals surface area contributed by atoms with Crippen molar-refractivity contribution in [1.29, 1.82) is 0 Å². The molecule has 0 saturated carbocycles. The van der Waals surface area contributed by atoms with Crippen LogP contribution in [0.25, 0.3) is 22.2 Å². The number of rotatable bonds is 4. The standard InChI is InChI=1S/C23H23N7O/c1-15-12-25-9-10-30(15)19-6-4-16(5-7-19)23(31)27-22-20-11-18(14-26-21(20)28-29-22)17-3-2-8-24-13-17/h2-8,11,13-15,25H,9-10,12H2,1H3,(H2,26,27,28,29,31). The average Bonchev–Trinajstić information content (AvgIpc) is 3.22. The number of aromatic nitrogens is 4. The first-order chi connectivity index (χ1) is 15.2. The van der Waals surface area contributed by atoms with E-state index >= 15 is 0 Å². The third-order valence-corrected chi connectivity index (χ3v) is 5.61. The fourth-order valence-electron chi connectivity index (χ4n) is 3.90. The summed E-state index contributed by atoms with van der Waals surface area (Å²) in [5.74, 6) is 0.248. The number of carbonyl (C=O) groups is 1. The molecule has 1 saturated heterocycles. The predicted octanol–water partition coefficient (Wildman–Crippen LogP) is 3.07. The topological polar surface area (TPSA) is 98.8 Å². The number of nitrogens with one attached hydrogen (secondary N) is 3. The third kappa shape index (κ3) is 3.85. The molecule has 1 aliphatic heterocycles. The fraction of sp³-hybridized carbons (Fsp3) is 0.217. The first-order valence-electron chi connectivity index (χ1n) is 10.3. The van der Waals surface area contributed by atoms with Crippen LogP contribution in [0.4, 0.5) is 11.5 Å². The van der Waals surface area contributed by atoms with Crippen LogP contribution in [0.1, 0.15) is 17.3 Å². The smallest absolute Gasteiger partial charge is 0.256 e. The van der Waals surface area contributed by atoms with Crippen molar-refractivity contribution in [2.75, 3.05) is 29.9 Å². The lowest BCUT2D eigenvalue weighted by Gasteiger charge is -2.35. The molecule has 1 aromatic carbocycles. The Hall–Kier alpha value is -3.78. The van der Waals surface area contributed by atoms with Gasteiger partial charge in [-0.05, 0) is 43.3 Å². The highest BCUT2D eigenvalue weighted by atomic mass is 16.1. The van der Waals surface area contributed by atoms with Crippen molar-refractivity contribution in [2.24, 2.45) is 0 Å². The molecule has 3 N–H and O–H groups in total. The molecule has 1 atom stereocenters. The molecule has 8 nitrogen and oxygen atoms in total. The predicted molar refractivity (Wildman–Crippen MR) is 121 cm³/mol. The maximum Gasteiger partial charge on any atom is 0.256 e. The molecule has 0 spiro atoms. The average molecular weight is 413 g/mol. The van der Waals surface area contributed by atoms with Crippen molar-refractivity contribution >= 4 is 28.4 Å². The number of hydrogen-bond donors (Lipinski definition) is 3. The molecule has 0 radical (unpaired) electrons. The van der Waals surface area contributed by atoms with Crippen LogP contribution in [0.3, 0.4) is 0 Å². The second-order valence-corrected chi connectivity index (χ2v) is 7.68. The zero-order valence-electron chi connectivity index (χ0n) is 17.2. The maximum atomic E-state index is 12.8. The summed E-state index contributed by atoms with van der Waals surface area (Å²) in [5.41, 5.74) is 4.19. The highest BCUT2D eigenvalue weighted by Crippen LogP contribution is 2.26. The number of hydrogen-bond acceptors (Lipinski definition) is 6. The largest absolute Gasteiger partial charge is 0.366 e. The minimum absolute atomic E-state index is 0.208. The van der Waals surface area contributed by atoms with Gasteiger partial charge in [0.25, 0.3) is 5.91 Å². The molecule has 4 aromatic rings. The van der Waals surface area contributed by atoms with Crippen LogP contribution < -0.4 is 15.5 Å². The number of amides is 1. The Morgan fingerprint density at radius 2 is 2.03 bits per heavy atom. The molecule has 5 rings (SSSR count). The van der Waals surface area contributed by atoms with Crippen LogP contribution >= 0.6 is 0 Å². The van der Waals surface area contributed by atoms with Gasteiger partial charge in [0, 0.05) is 66.6 Å². The summed E-state index contributed by atoms with van der Waals surface area (Å²) in [7, 11) is 0. The number of fused-ring (bicyclic) bond motifs is 1. The van der Waals surface area contributed by atoms with Crippen LogP contribution in [0.15, 0.2) is 61.1 Å². The van der Waals surface area contributed by atoms with E-state index in [0.29, 0.717) is 23.1 Å². The molecular weight excluding hydrogens is 390 g/mol. The van der Waals surface area contributed by atoms with Gasteiger partial charge in [-0.2, -0.15) is 5.10 Å². The Balaban J connectivity index is 1.36. The lowest BCUT2D eigenvalue weighted by Crippen LogP contribution is -2.49. The van der Waals surface area contributed by atoms with Crippen molar-refractivity contribution in [1.82, 2.24) is 25.5 Å². The number of aromatic amines is 1. The molecule has 1 amide bonds. The second kappa shape index (κ2) is 8.16. The Morgan fingerprint density at radius 3 is 2.81 bits per heavy atom. The van der Waals surface area contributed by atoms with E-state index in [1.807, 2.05) is 42.5 Å². The van der Waals surface area contributed by atoms with Gasteiger partial charge in [0.1, 0.15) is 0 Å². The molecule has 0 aliphatic carbocycles. The fourth-order valence-corrected chi connectivity index (χ4v) is 3.90. The second-order valence-electron chi connectivity index (χ2n) is 7.68. The zero-order chi connectivity index (χ0) is 21.2. The minimum Gasteiger partial charge on any atom is -0.366 e. The minimum atomic E-state index is -0.208. The quantitative estimate of drug-likeness (QED) is 0.476. The van der Waals surface area contributed by atoms with Gasteiger partial charge in [0.15, 0.2) is 11.5 Å². The van der Waals surface area contributed by atoms with Gasteiger partial charge < -0.3 is 15.5 Å². The Labute approximate surface area is 179 Å². The van der Waals surface area contributed by atoms with E-state index < -0.39 is 0 Å². The molecular formula is C23H23N7O. The van der Waals surface area contributed by atoms with E-state index in [9.17, 15) is 4.79 Å². The van der Waals surface area contributed by atoms with Crippen molar-refractivity contribution in [3.05, 3.63) is 66.6 Å². The molecule has 3 aromatic heterocycles. The summed E-state index contributed by atoms with van der Waals surface area (Å²) < 4.78 is 0. The normalized spacial score (nSPS) is 16.4. The van der Waals surface area contributed by atoms with E-state index in [1.165, 1.54) is 0 Å². The molecule has 1 unspecified atom stereocenters. The molecule has 156 valence electrons. The van der Waals surface area contributed by atoms with Gasteiger partial charge in [-0.3, -0.25) is 14.9 Å². The molecule has 4 heterocycles. The summed E-state index contributed by atoms with van der Waals surface area (Å²) in [6.45, 7) is 5.08. The van der Waals surface area contributed by atoms with Crippen molar-refractivity contribution in [3.8, 4) is 11.1 Å². The summed E-state index contributed by atoms with van der Waals surface area (Å²) >= 11 is 0. The van der Waals surface area contributed by atoms with Crippen molar-refractivity contribution < 1.29 is 4.79 Å². The van der Waals surface area contributed by atoms with Gasteiger partial charge in [-0.25, -0.2) is 4.98 Å². The number of pyridine rings is 2. The molecule has 1 aliphatic rings. The van der Waals surface area contributed by atoms with Crippen LogP contribution in [0.2, 0.25) is 0 Å². The van der Waals surface area contributed by atoms with E-state index in [-0.39, 0.29) is 5.91 Å². The van der Waals surface area contributed by atoms with Crippen LogP contribution in [-0.2, 0) is 0 Å². The molecule has 8 heteroatoms. The van der Waals surface area contributed by atoms with E-state index in [0.717, 1.165) is 41.8 Å². The lowest BCUT2D eigenvalue weighted by molar-refractivity contribution is 0.102. The molecule has 1 fully saturated rings. The number of benzene rings is 1. The number of nitrogens with zero attached hydrogens (tertiary/aromatic N) is 4. The third-order valence-electron chi connectivity index (χ3n) is 5.61. The van der Waals surface area contributed by atoms with Crippen LogP contribution in [0, 0.1) is 0 Å². The maximum absolute atomic E-state index is 12.8. The summed E-state index contributed by atoms with van der Waals surface area (Å²) in [6, 6.07) is 13.9. The van der Waals surface area contributed by atoms with E-state index in [2.05, 4.69) is 42.6 Å². The first-order valence-corrected chi connectivity index (χ1v) is 10.3. The van der Waals surface area contributed by atoms with Gasteiger partial charge >= 0.3 is 0 Å². The number of carbonyl (C=O) groups excluding carboxylic acids is 1. The van der Waals surface area contributed by atoms with Crippen LogP contribution in [0.5, 0.6) is 0 Å². The zero-order valence-corrected chi connectivity index (χ0v) is 17.2. The highest BCUT2D eigenvalue weighted by molar-refractivity contribution is 6.08. The van der Waals surface area contributed by atoms with Crippen molar-refractivity contribution in [2.45, 2.75) is 13.0 Å². The van der Waals surface area contributed by atoms with Crippen molar-refractivity contribution in [3.63, 3.8) is 0 Å².